The highest BCUT2D eigenvalue weighted by atomic mass is 35.5. The van der Waals surface area contributed by atoms with Gasteiger partial charge in [-0.3, -0.25) is 15.0 Å². The van der Waals surface area contributed by atoms with Crippen LogP contribution in [0.5, 0.6) is 0 Å². The first-order chi connectivity index (χ1) is 11.1. The van der Waals surface area contributed by atoms with E-state index in [0.29, 0.717) is 17.1 Å². The molecule has 0 saturated carbocycles. The van der Waals surface area contributed by atoms with E-state index in [1.807, 2.05) is 18.2 Å². The molecule has 1 heterocycles. The van der Waals surface area contributed by atoms with E-state index < -0.39 is 0 Å². The van der Waals surface area contributed by atoms with Crippen LogP contribution in [0.3, 0.4) is 0 Å². The lowest BCUT2D eigenvalue weighted by atomic mass is 10.1. The maximum Gasteiger partial charge on any atom is 0.273 e. The van der Waals surface area contributed by atoms with Crippen molar-refractivity contribution in [2.24, 2.45) is 0 Å². The van der Waals surface area contributed by atoms with Gasteiger partial charge < -0.3 is 4.90 Å². The molecule has 120 valence electrons. The van der Waals surface area contributed by atoms with Crippen LogP contribution in [0.2, 0.25) is 5.02 Å². The number of piperazine rings is 1. The van der Waals surface area contributed by atoms with Crippen molar-refractivity contribution < 1.29 is 4.92 Å². The van der Waals surface area contributed by atoms with E-state index in [2.05, 4.69) is 21.9 Å². The number of anilines is 1. The zero-order chi connectivity index (χ0) is 16.2. The average molecular weight is 332 g/mol. The van der Waals surface area contributed by atoms with E-state index in [0.717, 1.165) is 26.2 Å². The van der Waals surface area contributed by atoms with Gasteiger partial charge in [-0.25, -0.2) is 0 Å². The Bertz CT molecular complexity index is 685. The van der Waals surface area contributed by atoms with Crippen LogP contribution in [0.4, 0.5) is 11.4 Å². The van der Waals surface area contributed by atoms with Gasteiger partial charge in [0.2, 0.25) is 0 Å². The third-order valence-corrected chi connectivity index (χ3v) is 4.36. The maximum atomic E-state index is 11.1. The molecule has 0 spiro atoms. The van der Waals surface area contributed by atoms with Gasteiger partial charge in [-0.2, -0.15) is 0 Å². The third-order valence-electron chi connectivity index (χ3n) is 4.13. The number of nitro benzene ring substituents is 1. The number of nitro groups is 1. The van der Waals surface area contributed by atoms with Gasteiger partial charge in [0.15, 0.2) is 0 Å². The molecule has 1 aliphatic heterocycles. The Morgan fingerprint density at radius 3 is 2.39 bits per heavy atom. The van der Waals surface area contributed by atoms with Crippen molar-refractivity contribution in [3.05, 3.63) is 69.2 Å². The molecule has 1 fully saturated rings. The maximum absolute atomic E-state index is 11.1. The number of nitrogens with zero attached hydrogens (tertiary/aromatic N) is 3. The normalized spacial score (nSPS) is 15.6. The standard InChI is InChI=1S/C17H18ClN3O2/c18-15-6-7-17(21(22)23)14(12-15)13-19-8-10-20(11-9-19)16-4-2-1-3-5-16/h1-7,12H,8-11,13H2. The molecule has 2 aromatic rings. The monoisotopic (exact) mass is 331 g/mol. The summed E-state index contributed by atoms with van der Waals surface area (Å²) in [4.78, 5) is 15.4. The van der Waals surface area contributed by atoms with Gasteiger partial charge in [-0.05, 0) is 24.3 Å². The first kappa shape index (κ1) is 15.8. The minimum atomic E-state index is -0.341. The Kier molecular flexibility index (Phi) is 4.79. The topological polar surface area (TPSA) is 49.6 Å². The lowest BCUT2D eigenvalue weighted by Crippen LogP contribution is -2.46. The lowest BCUT2D eigenvalue weighted by molar-refractivity contribution is -0.385. The van der Waals surface area contributed by atoms with Crippen LogP contribution in [0.1, 0.15) is 5.56 Å². The Hall–Kier alpha value is -2.11. The Labute approximate surface area is 140 Å². The van der Waals surface area contributed by atoms with Crippen molar-refractivity contribution in [2.45, 2.75) is 6.54 Å². The van der Waals surface area contributed by atoms with Crippen molar-refractivity contribution in [1.82, 2.24) is 4.90 Å². The predicted molar refractivity (Wildman–Crippen MR) is 92.0 cm³/mol. The van der Waals surface area contributed by atoms with Crippen LogP contribution in [-0.2, 0) is 6.54 Å². The van der Waals surface area contributed by atoms with E-state index in [4.69, 9.17) is 11.6 Å². The first-order valence-electron chi connectivity index (χ1n) is 7.58. The van der Waals surface area contributed by atoms with Gasteiger partial charge in [0.05, 0.1) is 4.92 Å². The molecule has 6 heteroatoms. The highest BCUT2D eigenvalue weighted by Crippen LogP contribution is 2.25. The Morgan fingerprint density at radius 1 is 1.04 bits per heavy atom. The van der Waals surface area contributed by atoms with E-state index in [1.54, 1.807) is 12.1 Å². The summed E-state index contributed by atoms with van der Waals surface area (Å²) in [5, 5.41) is 11.7. The molecule has 2 aromatic carbocycles. The second-order valence-corrected chi connectivity index (χ2v) is 6.07. The molecular weight excluding hydrogens is 314 g/mol. The fraction of sp³-hybridized carbons (Fsp3) is 0.294. The van der Waals surface area contributed by atoms with Gasteiger partial charge in [-0.1, -0.05) is 29.8 Å². The number of rotatable bonds is 4. The number of hydrogen-bond acceptors (Lipinski definition) is 4. The fourth-order valence-corrected chi connectivity index (χ4v) is 3.10. The van der Waals surface area contributed by atoms with Crippen LogP contribution in [0, 0.1) is 10.1 Å². The molecule has 0 radical (unpaired) electrons. The lowest BCUT2D eigenvalue weighted by Gasteiger charge is -2.36. The van der Waals surface area contributed by atoms with Crippen molar-refractivity contribution >= 4 is 23.0 Å². The number of benzene rings is 2. The van der Waals surface area contributed by atoms with Crippen LogP contribution >= 0.6 is 11.6 Å². The summed E-state index contributed by atoms with van der Waals surface area (Å²) >= 11 is 5.99. The molecule has 1 aliphatic rings. The largest absolute Gasteiger partial charge is 0.369 e. The molecular formula is C17H18ClN3O2. The Morgan fingerprint density at radius 2 is 1.74 bits per heavy atom. The van der Waals surface area contributed by atoms with Crippen LogP contribution in [-0.4, -0.2) is 36.0 Å². The van der Waals surface area contributed by atoms with Gasteiger partial charge in [0, 0.05) is 55.1 Å². The molecule has 0 unspecified atom stereocenters. The molecule has 0 aliphatic carbocycles. The van der Waals surface area contributed by atoms with Gasteiger partial charge in [0.1, 0.15) is 0 Å². The molecule has 0 aromatic heterocycles. The van der Waals surface area contributed by atoms with E-state index in [9.17, 15) is 10.1 Å². The zero-order valence-corrected chi connectivity index (χ0v) is 13.4. The Balaban J connectivity index is 1.65. The summed E-state index contributed by atoms with van der Waals surface area (Å²) in [6.45, 7) is 4.13. The molecule has 3 rings (SSSR count). The third kappa shape index (κ3) is 3.81. The number of para-hydroxylation sites is 1. The summed E-state index contributed by atoms with van der Waals surface area (Å²) in [6.07, 6.45) is 0. The SMILES string of the molecule is O=[N+]([O-])c1ccc(Cl)cc1CN1CCN(c2ccccc2)CC1. The second kappa shape index (κ2) is 6.98. The zero-order valence-electron chi connectivity index (χ0n) is 12.7. The first-order valence-corrected chi connectivity index (χ1v) is 7.96. The molecule has 0 atom stereocenters. The van der Waals surface area contributed by atoms with Crippen molar-refractivity contribution in [3.8, 4) is 0 Å². The van der Waals surface area contributed by atoms with E-state index in [1.165, 1.54) is 11.8 Å². The van der Waals surface area contributed by atoms with Crippen LogP contribution in [0.15, 0.2) is 48.5 Å². The predicted octanol–water partition coefficient (Wildman–Crippen LogP) is 3.57. The number of halogens is 1. The molecule has 0 amide bonds. The number of hydrogen-bond donors (Lipinski definition) is 0. The van der Waals surface area contributed by atoms with Crippen LogP contribution < -0.4 is 4.90 Å². The molecule has 23 heavy (non-hydrogen) atoms. The molecule has 5 nitrogen and oxygen atoms in total. The van der Waals surface area contributed by atoms with Crippen molar-refractivity contribution in [3.63, 3.8) is 0 Å². The fourth-order valence-electron chi connectivity index (χ4n) is 2.90. The summed E-state index contributed by atoms with van der Waals surface area (Å²) in [6, 6.07) is 15.1. The summed E-state index contributed by atoms with van der Waals surface area (Å²) in [5.74, 6) is 0. The summed E-state index contributed by atoms with van der Waals surface area (Å²) < 4.78 is 0. The average Bonchev–Trinajstić information content (AvgIpc) is 2.56. The van der Waals surface area contributed by atoms with E-state index in [-0.39, 0.29) is 10.6 Å². The molecule has 0 bridgehead atoms. The quantitative estimate of drug-likeness (QED) is 0.635. The molecule has 1 saturated heterocycles. The minimum Gasteiger partial charge on any atom is -0.369 e. The smallest absolute Gasteiger partial charge is 0.273 e. The minimum absolute atomic E-state index is 0.139. The summed E-state index contributed by atoms with van der Waals surface area (Å²) in [7, 11) is 0. The van der Waals surface area contributed by atoms with Gasteiger partial charge in [-0.15, -0.1) is 0 Å². The highest BCUT2D eigenvalue weighted by molar-refractivity contribution is 6.30. The van der Waals surface area contributed by atoms with Crippen LogP contribution in [0.25, 0.3) is 0 Å². The van der Waals surface area contributed by atoms with E-state index >= 15 is 0 Å². The highest BCUT2D eigenvalue weighted by Gasteiger charge is 2.21. The van der Waals surface area contributed by atoms with Gasteiger partial charge >= 0.3 is 0 Å². The van der Waals surface area contributed by atoms with Crippen molar-refractivity contribution in [1.29, 1.82) is 0 Å². The summed E-state index contributed by atoms with van der Waals surface area (Å²) in [5.41, 5.74) is 2.04. The van der Waals surface area contributed by atoms with Crippen molar-refractivity contribution in [2.75, 3.05) is 31.1 Å². The van der Waals surface area contributed by atoms with Gasteiger partial charge in [0.25, 0.3) is 5.69 Å². The second-order valence-electron chi connectivity index (χ2n) is 5.63. The molecule has 0 N–H and O–H groups in total.